The van der Waals surface area contributed by atoms with Gasteiger partial charge < -0.3 is 25.2 Å². The number of hydrogen-bond donors (Lipinski definition) is 4. The van der Waals surface area contributed by atoms with Crippen molar-refractivity contribution < 1.29 is 34.8 Å². The molecule has 0 amide bonds. The number of aliphatic hydroxyl groups excluding tert-OH is 2. The quantitative estimate of drug-likeness (QED) is 0.249. The summed E-state index contributed by atoms with van der Waals surface area (Å²) >= 11 is 0. The molecule has 144 valence electrons. The van der Waals surface area contributed by atoms with Gasteiger partial charge in [-0.25, -0.2) is 4.79 Å². The fraction of sp³-hybridized carbons (Fsp3) is 0.778. The fourth-order valence-corrected chi connectivity index (χ4v) is 3.37. The highest BCUT2D eigenvalue weighted by Crippen LogP contribution is 2.29. The number of aliphatic hydroxyl groups is 3. The van der Waals surface area contributed by atoms with Crippen molar-refractivity contribution in [2.24, 2.45) is 11.8 Å². The number of ether oxygens (including phenoxy) is 1. The van der Waals surface area contributed by atoms with Gasteiger partial charge in [0.1, 0.15) is 18.1 Å². The van der Waals surface area contributed by atoms with Gasteiger partial charge in [0.25, 0.3) is 0 Å². The van der Waals surface area contributed by atoms with Crippen LogP contribution < -0.4 is 0 Å². The molecule has 5 atom stereocenters. The molecular formula is C18H30O7. The Bertz CT molecular complexity index is 498. The van der Waals surface area contributed by atoms with Crippen LogP contribution in [0.2, 0.25) is 0 Å². The Morgan fingerprint density at radius 3 is 2.56 bits per heavy atom. The molecule has 0 aliphatic carbocycles. The van der Waals surface area contributed by atoms with Crippen molar-refractivity contribution in [3.63, 3.8) is 0 Å². The van der Waals surface area contributed by atoms with Crippen LogP contribution in [0.1, 0.15) is 52.9 Å². The normalized spacial score (nSPS) is 25.5. The third-order valence-corrected chi connectivity index (χ3v) is 4.78. The van der Waals surface area contributed by atoms with E-state index in [1.165, 1.54) is 13.8 Å². The lowest BCUT2D eigenvalue weighted by Crippen LogP contribution is -2.47. The number of carbonyl (C=O) groups is 2. The number of carboxylic acid groups (broad SMARTS) is 1. The molecule has 0 spiro atoms. The van der Waals surface area contributed by atoms with Gasteiger partial charge in [0.05, 0.1) is 12.2 Å². The third kappa shape index (κ3) is 6.41. The number of rotatable bonds is 11. The minimum Gasteiger partial charge on any atom is -0.478 e. The van der Waals surface area contributed by atoms with Crippen molar-refractivity contribution in [3.05, 3.63) is 11.6 Å². The molecule has 1 aliphatic heterocycles. The second-order valence-electron chi connectivity index (χ2n) is 7.34. The van der Waals surface area contributed by atoms with E-state index < -0.39 is 23.6 Å². The molecule has 25 heavy (non-hydrogen) atoms. The minimum absolute atomic E-state index is 0.139. The van der Waals surface area contributed by atoms with Gasteiger partial charge >= 0.3 is 11.9 Å². The summed E-state index contributed by atoms with van der Waals surface area (Å²) in [5, 5.41) is 38.4. The summed E-state index contributed by atoms with van der Waals surface area (Å²) in [6, 6.07) is 0. The first kappa shape index (κ1) is 21.6. The van der Waals surface area contributed by atoms with Gasteiger partial charge in [0, 0.05) is 6.08 Å². The maximum Gasteiger partial charge on any atom is 0.328 e. The standard InChI is InChI=1S/C18H30O7/c1-11(6-4-5-7-14-13(10-19)17(23)25-14)9-18(3,24)16(22)12(2)8-15(20)21/h8,11,13-14,16,19,22,24H,4-7,9-10H2,1-3H3,(H,20,21)/b12-8+. The zero-order chi connectivity index (χ0) is 19.2. The maximum absolute atomic E-state index is 11.1. The molecule has 1 rings (SSSR count). The van der Waals surface area contributed by atoms with E-state index in [1.54, 1.807) is 0 Å². The van der Waals surface area contributed by atoms with Crippen LogP contribution in [0.3, 0.4) is 0 Å². The van der Waals surface area contributed by atoms with E-state index >= 15 is 0 Å². The lowest BCUT2D eigenvalue weighted by atomic mass is 9.83. The second kappa shape index (κ2) is 9.31. The van der Waals surface area contributed by atoms with Gasteiger partial charge in [-0.15, -0.1) is 0 Å². The van der Waals surface area contributed by atoms with Crippen LogP contribution in [0.4, 0.5) is 0 Å². The van der Waals surface area contributed by atoms with Crippen molar-refractivity contribution in [1.29, 1.82) is 0 Å². The monoisotopic (exact) mass is 358 g/mol. The molecule has 1 heterocycles. The zero-order valence-corrected chi connectivity index (χ0v) is 15.1. The van der Waals surface area contributed by atoms with Crippen molar-refractivity contribution in [2.75, 3.05) is 6.61 Å². The SMILES string of the molecule is C/C(=C\C(=O)O)C(O)C(C)(O)CC(C)CCCCC1OC(=O)C1CO. The lowest BCUT2D eigenvalue weighted by molar-refractivity contribution is -0.189. The topological polar surface area (TPSA) is 124 Å². The summed E-state index contributed by atoms with van der Waals surface area (Å²) in [7, 11) is 0. The largest absolute Gasteiger partial charge is 0.478 e. The number of carboxylic acids is 1. The zero-order valence-electron chi connectivity index (χ0n) is 15.1. The van der Waals surface area contributed by atoms with E-state index in [0.717, 1.165) is 25.3 Å². The highest BCUT2D eigenvalue weighted by molar-refractivity contribution is 5.80. The number of cyclic esters (lactones) is 1. The van der Waals surface area contributed by atoms with Gasteiger partial charge in [0.2, 0.25) is 0 Å². The fourth-order valence-electron chi connectivity index (χ4n) is 3.37. The summed E-state index contributed by atoms with van der Waals surface area (Å²) < 4.78 is 4.99. The molecule has 4 N–H and O–H groups in total. The molecule has 0 bridgehead atoms. The number of esters is 1. The first-order chi connectivity index (χ1) is 11.6. The van der Waals surface area contributed by atoms with Crippen LogP contribution in [-0.4, -0.2) is 56.8 Å². The van der Waals surface area contributed by atoms with E-state index in [9.17, 15) is 19.8 Å². The van der Waals surface area contributed by atoms with Crippen molar-refractivity contribution >= 4 is 11.9 Å². The average Bonchev–Trinajstić information content (AvgIpc) is 2.48. The number of hydrogen-bond acceptors (Lipinski definition) is 6. The second-order valence-corrected chi connectivity index (χ2v) is 7.34. The molecule has 0 aromatic carbocycles. The van der Waals surface area contributed by atoms with Crippen molar-refractivity contribution in [1.82, 2.24) is 0 Å². The predicted octanol–water partition coefficient (Wildman–Crippen LogP) is 1.25. The van der Waals surface area contributed by atoms with E-state index in [-0.39, 0.29) is 30.2 Å². The Labute approximate surface area is 148 Å². The Balaban J connectivity index is 2.34. The van der Waals surface area contributed by atoms with E-state index in [4.69, 9.17) is 14.9 Å². The first-order valence-corrected chi connectivity index (χ1v) is 8.71. The number of carbonyl (C=O) groups excluding carboxylic acids is 1. The molecule has 1 aliphatic rings. The maximum atomic E-state index is 11.1. The average molecular weight is 358 g/mol. The summed E-state index contributed by atoms with van der Waals surface area (Å²) in [5.41, 5.74) is -1.19. The molecular weight excluding hydrogens is 328 g/mol. The summed E-state index contributed by atoms with van der Waals surface area (Å²) in [6.07, 6.45) is 3.09. The van der Waals surface area contributed by atoms with Crippen LogP contribution in [0.5, 0.6) is 0 Å². The van der Waals surface area contributed by atoms with Crippen molar-refractivity contribution in [2.45, 2.75) is 70.7 Å². The van der Waals surface area contributed by atoms with Gasteiger partial charge in [-0.1, -0.05) is 19.8 Å². The van der Waals surface area contributed by atoms with Gasteiger partial charge in [-0.05, 0) is 44.6 Å². The Morgan fingerprint density at radius 1 is 1.40 bits per heavy atom. The molecule has 0 radical (unpaired) electrons. The molecule has 5 unspecified atom stereocenters. The smallest absolute Gasteiger partial charge is 0.328 e. The molecule has 7 nitrogen and oxygen atoms in total. The van der Waals surface area contributed by atoms with Crippen LogP contribution >= 0.6 is 0 Å². The van der Waals surface area contributed by atoms with E-state index in [0.29, 0.717) is 12.8 Å². The van der Waals surface area contributed by atoms with Crippen LogP contribution in [0.15, 0.2) is 11.6 Å². The van der Waals surface area contributed by atoms with Gasteiger partial charge in [-0.3, -0.25) is 4.79 Å². The van der Waals surface area contributed by atoms with E-state index in [1.807, 2.05) is 6.92 Å². The lowest BCUT2D eigenvalue weighted by Gasteiger charge is -2.34. The summed E-state index contributed by atoms with van der Waals surface area (Å²) in [5.74, 6) is -1.74. The number of aliphatic carboxylic acids is 1. The molecule has 0 saturated carbocycles. The Hall–Kier alpha value is -1.44. The van der Waals surface area contributed by atoms with E-state index in [2.05, 4.69) is 0 Å². The summed E-state index contributed by atoms with van der Waals surface area (Å²) in [4.78, 5) is 21.8. The van der Waals surface area contributed by atoms with Crippen molar-refractivity contribution in [3.8, 4) is 0 Å². The molecule has 1 saturated heterocycles. The summed E-state index contributed by atoms with van der Waals surface area (Å²) in [6.45, 7) is 4.78. The molecule has 1 fully saturated rings. The molecule has 0 aromatic rings. The Morgan fingerprint density at radius 2 is 2.04 bits per heavy atom. The highest BCUT2D eigenvalue weighted by Gasteiger charge is 2.41. The first-order valence-electron chi connectivity index (χ1n) is 8.71. The Kier molecular flexibility index (Phi) is 8.05. The van der Waals surface area contributed by atoms with Crippen LogP contribution in [0, 0.1) is 11.8 Å². The minimum atomic E-state index is -1.40. The van der Waals surface area contributed by atoms with Crippen LogP contribution in [0.25, 0.3) is 0 Å². The number of unbranched alkanes of at least 4 members (excludes halogenated alkanes) is 1. The predicted molar refractivity (Wildman–Crippen MR) is 90.7 cm³/mol. The molecule has 0 aromatic heterocycles. The third-order valence-electron chi connectivity index (χ3n) is 4.78. The molecule has 7 heteroatoms. The highest BCUT2D eigenvalue weighted by atomic mass is 16.6. The van der Waals surface area contributed by atoms with Gasteiger partial charge in [0.15, 0.2) is 0 Å². The van der Waals surface area contributed by atoms with Crippen LogP contribution in [-0.2, 0) is 14.3 Å². The van der Waals surface area contributed by atoms with Gasteiger partial charge in [-0.2, -0.15) is 0 Å².